The van der Waals surface area contributed by atoms with Crippen LogP contribution in [0.15, 0.2) is 42.5 Å². The number of hydrogen-bond acceptors (Lipinski definition) is 4. The summed E-state index contributed by atoms with van der Waals surface area (Å²) in [6.07, 6.45) is 0. The van der Waals surface area contributed by atoms with E-state index in [2.05, 4.69) is 10.6 Å². The van der Waals surface area contributed by atoms with Crippen molar-refractivity contribution >= 4 is 50.5 Å². The Balaban J connectivity index is 1.92. The van der Waals surface area contributed by atoms with Crippen molar-refractivity contribution in [2.45, 2.75) is 33.2 Å². The normalized spacial score (nSPS) is 11.3. The summed E-state index contributed by atoms with van der Waals surface area (Å²) >= 11 is 7.75. The van der Waals surface area contributed by atoms with Crippen LogP contribution in [0.2, 0.25) is 5.02 Å². The third kappa shape index (κ3) is 4.89. The summed E-state index contributed by atoms with van der Waals surface area (Å²) < 4.78 is 6.22. The average Bonchev–Trinajstić information content (AvgIpc) is 2.99. The topological polar surface area (TPSA) is 67.4 Å². The number of nitrogens with one attached hydrogen (secondary N) is 2. The van der Waals surface area contributed by atoms with Gasteiger partial charge in [-0.2, -0.15) is 0 Å². The Hall–Kier alpha value is -2.57. The van der Waals surface area contributed by atoms with Crippen LogP contribution in [0, 0.1) is 0 Å². The highest BCUT2D eigenvalue weighted by Gasteiger charge is 2.23. The van der Waals surface area contributed by atoms with E-state index in [1.807, 2.05) is 33.8 Å². The van der Waals surface area contributed by atoms with Gasteiger partial charge in [0.05, 0.1) is 22.0 Å². The molecular weight excluding hydrogens is 408 g/mol. The minimum atomic E-state index is -0.376. The Kier molecular flexibility index (Phi) is 6.15. The first-order valence-corrected chi connectivity index (χ1v) is 10.5. The van der Waals surface area contributed by atoms with Crippen LogP contribution in [0.25, 0.3) is 10.1 Å². The van der Waals surface area contributed by atoms with Crippen molar-refractivity contribution in [3.63, 3.8) is 0 Å². The van der Waals surface area contributed by atoms with E-state index in [1.54, 1.807) is 36.4 Å². The van der Waals surface area contributed by atoms with Crippen LogP contribution < -0.4 is 15.4 Å². The Morgan fingerprint density at radius 3 is 2.52 bits per heavy atom. The predicted molar refractivity (Wildman–Crippen MR) is 120 cm³/mol. The zero-order valence-electron chi connectivity index (χ0n) is 16.8. The maximum Gasteiger partial charge on any atom is 0.263 e. The minimum Gasteiger partial charge on any atom is -0.494 e. The Bertz CT molecular complexity index is 1070. The maximum atomic E-state index is 12.8. The predicted octanol–water partition coefficient (Wildman–Crippen LogP) is 5.73. The van der Waals surface area contributed by atoms with Crippen molar-refractivity contribution in [3.05, 3.63) is 57.9 Å². The molecule has 0 aliphatic rings. The summed E-state index contributed by atoms with van der Waals surface area (Å²) in [5.41, 5.74) is 0.719. The second-order valence-corrected chi connectivity index (χ2v) is 8.95. The number of halogens is 1. The molecule has 0 unspecified atom stereocenters. The lowest BCUT2D eigenvalue weighted by molar-refractivity contribution is 0.0923. The fourth-order valence-corrected chi connectivity index (χ4v) is 4.29. The molecule has 5 nitrogen and oxygen atoms in total. The highest BCUT2D eigenvalue weighted by Crippen LogP contribution is 2.39. The molecule has 1 heterocycles. The van der Waals surface area contributed by atoms with Gasteiger partial charge in [0.15, 0.2) is 0 Å². The van der Waals surface area contributed by atoms with Crippen molar-refractivity contribution < 1.29 is 14.3 Å². The fraction of sp³-hybridized carbons (Fsp3) is 0.273. The van der Waals surface area contributed by atoms with Gasteiger partial charge in [0.1, 0.15) is 10.6 Å². The molecule has 0 aliphatic carbocycles. The molecule has 7 heteroatoms. The molecule has 0 bridgehead atoms. The minimum absolute atomic E-state index is 0.231. The van der Waals surface area contributed by atoms with E-state index < -0.39 is 0 Å². The SMILES string of the molecule is CCOc1cccc(C(=O)Nc2cccc3c(Cl)c(C(=O)NC(C)(C)C)sc23)c1. The van der Waals surface area contributed by atoms with Gasteiger partial charge in [0.2, 0.25) is 0 Å². The molecule has 152 valence electrons. The van der Waals surface area contributed by atoms with Crippen molar-refractivity contribution in [1.29, 1.82) is 0 Å². The zero-order chi connectivity index (χ0) is 21.2. The first-order chi connectivity index (χ1) is 13.7. The van der Waals surface area contributed by atoms with E-state index in [0.29, 0.717) is 33.5 Å². The molecule has 2 N–H and O–H groups in total. The smallest absolute Gasteiger partial charge is 0.263 e. The van der Waals surface area contributed by atoms with Crippen LogP contribution in [-0.2, 0) is 0 Å². The fourth-order valence-electron chi connectivity index (χ4n) is 2.82. The lowest BCUT2D eigenvalue weighted by Gasteiger charge is -2.19. The van der Waals surface area contributed by atoms with Gasteiger partial charge in [-0.1, -0.05) is 29.8 Å². The average molecular weight is 431 g/mol. The maximum absolute atomic E-state index is 12.8. The standard InChI is InChI=1S/C22H23ClN2O3S/c1-5-28-14-9-6-8-13(12-14)20(26)24-16-11-7-10-15-17(23)19(29-18(15)16)21(27)25-22(2,3)4/h6-12H,5H2,1-4H3,(H,24,26)(H,25,27). The van der Waals surface area contributed by atoms with E-state index in [-0.39, 0.29) is 17.4 Å². The van der Waals surface area contributed by atoms with Gasteiger partial charge < -0.3 is 15.4 Å². The molecule has 0 radical (unpaired) electrons. The third-order valence-electron chi connectivity index (χ3n) is 4.01. The Labute approximate surface area is 179 Å². The van der Waals surface area contributed by atoms with Gasteiger partial charge in [-0.15, -0.1) is 11.3 Å². The molecular formula is C22H23ClN2O3S. The first-order valence-electron chi connectivity index (χ1n) is 9.27. The summed E-state index contributed by atoms with van der Waals surface area (Å²) in [5.74, 6) is 0.147. The van der Waals surface area contributed by atoms with Crippen LogP contribution in [0.5, 0.6) is 5.75 Å². The van der Waals surface area contributed by atoms with E-state index in [4.69, 9.17) is 16.3 Å². The number of thiophene rings is 1. The van der Waals surface area contributed by atoms with Gasteiger partial charge in [-0.3, -0.25) is 9.59 Å². The quantitative estimate of drug-likeness (QED) is 0.542. The number of anilines is 1. The van der Waals surface area contributed by atoms with Crippen LogP contribution in [0.3, 0.4) is 0 Å². The van der Waals surface area contributed by atoms with Crippen LogP contribution in [0.4, 0.5) is 5.69 Å². The lowest BCUT2D eigenvalue weighted by Crippen LogP contribution is -2.40. The molecule has 3 rings (SSSR count). The molecule has 0 atom stereocenters. The van der Waals surface area contributed by atoms with Gasteiger partial charge in [-0.25, -0.2) is 0 Å². The number of carbonyl (C=O) groups is 2. The number of benzene rings is 2. The summed E-state index contributed by atoms with van der Waals surface area (Å²) in [6.45, 7) is 8.15. The van der Waals surface area contributed by atoms with Gasteiger partial charge in [-0.05, 0) is 52.0 Å². The monoisotopic (exact) mass is 430 g/mol. The van der Waals surface area contributed by atoms with Crippen molar-refractivity contribution in [1.82, 2.24) is 5.32 Å². The van der Waals surface area contributed by atoms with Crippen LogP contribution in [0.1, 0.15) is 47.7 Å². The summed E-state index contributed by atoms with van der Waals surface area (Å²) in [4.78, 5) is 25.8. The van der Waals surface area contributed by atoms with E-state index in [0.717, 1.165) is 10.1 Å². The Morgan fingerprint density at radius 2 is 1.83 bits per heavy atom. The molecule has 29 heavy (non-hydrogen) atoms. The van der Waals surface area contributed by atoms with E-state index in [1.165, 1.54) is 11.3 Å². The molecule has 1 aromatic heterocycles. The highest BCUT2D eigenvalue weighted by molar-refractivity contribution is 7.22. The second kappa shape index (κ2) is 8.43. The molecule has 3 aromatic rings. The van der Waals surface area contributed by atoms with Gasteiger partial charge >= 0.3 is 0 Å². The molecule has 0 fully saturated rings. The van der Waals surface area contributed by atoms with Gasteiger partial charge in [0.25, 0.3) is 11.8 Å². The van der Waals surface area contributed by atoms with Gasteiger partial charge in [0, 0.05) is 16.5 Å². The zero-order valence-corrected chi connectivity index (χ0v) is 18.3. The lowest BCUT2D eigenvalue weighted by atomic mass is 10.1. The molecule has 0 aliphatic heterocycles. The largest absolute Gasteiger partial charge is 0.494 e. The number of carbonyl (C=O) groups excluding carboxylic acids is 2. The second-order valence-electron chi connectivity index (χ2n) is 7.55. The third-order valence-corrected chi connectivity index (χ3v) is 5.75. The van der Waals surface area contributed by atoms with E-state index in [9.17, 15) is 9.59 Å². The molecule has 2 amide bonds. The van der Waals surface area contributed by atoms with Crippen molar-refractivity contribution in [2.24, 2.45) is 0 Å². The number of hydrogen-bond donors (Lipinski definition) is 2. The van der Waals surface area contributed by atoms with Crippen LogP contribution in [-0.4, -0.2) is 24.0 Å². The summed E-state index contributed by atoms with van der Waals surface area (Å²) in [5, 5.41) is 6.97. The molecule has 0 saturated heterocycles. The molecule has 0 saturated carbocycles. The van der Waals surface area contributed by atoms with Crippen molar-refractivity contribution in [2.75, 3.05) is 11.9 Å². The number of amides is 2. The summed E-state index contributed by atoms with van der Waals surface area (Å²) in [6, 6.07) is 12.4. The molecule has 2 aromatic carbocycles. The Morgan fingerprint density at radius 1 is 1.10 bits per heavy atom. The number of rotatable bonds is 5. The summed E-state index contributed by atoms with van der Waals surface area (Å²) in [7, 11) is 0. The molecule has 0 spiro atoms. The number of ether oxygens (including phenoxy) is 1. The first kappa shape index (κ1) is 21.1. The van der Waals surface area contributed by atoms with E-state index >= 15 is 0 Å². The number of fused-ring (bicyclic) bond motifs is 1. The highest BCUT2D eigenvalue weighted by atomic mass is 35.5. The van der Waals surface area contributed by atoms with Crippen LogP contribution >= 0.6 is 22.9 Å². The van der Waals surface area contributed by atoms with Crippen molar-refractivity contribution in [3.8, 4) is 5.75 Å².